The zero-order valence-electron chi connectivity index (χ0n) is 12.3. The predicted molar refractivity (Wildman–Crippen MR) is 85.8 cm³/mol. The van der Waals surface area contributed by atoms with Gasteiger partial charge in [-0.05, 0) is 42.5 Å². The van der Waals surface area contributed by atoms with Crippen LogP contribution in [0.5, 0.6) is 11.5 Å². The minimum absolute atomic E-state index is 0.205. The highest BCUT2D eigenvalue weighted by Gasteiger charge is 2.12. The molecule has 0 spiro atoms. The number of aromatic nitrogens is 1. The van der Waals surface area contributed by atoms with Crippen molar-refractivity contribution in [2.24, 2.45) is 0 Å². The number of hydrogen-bond donors (Lipinski definition) is 2. The molecule has 1 aromatic heterocycles. The largest absolute Gasteiger partial charge is 0.497 e. The molecule has 0 aliphatic rings. The lowest BCUT2D eigenvalue weighted by Crippen LogP contribution is -2.12. The molecule has 0 radical (unpaired) electrons. The van der Waals surface area contributed by atoms with E-state index in [1.807, 2.05) is 18.2 Å². The SMILES string of the molecule is COc1ccc(NC(=O)c2cc3c(OC)cccc3[nH]2)cc1. The lowest BCUT2D eigenvalue weighted by Gasteiger charge is -2.04. The highest BCUT2D eigenvalue weighted by Crippen LogP contribution is 2.26. The van der Waals surface area contributed by atoms with Gasteiger partial charge in [0.2, 0.25) is 0 Å². The van der Waals surface area contributed by atoms with Crippen molar-refractivity contribution in [3.8, 4) is 11.5 Å². The molecule has 0 saturated heterocycles. The van der Waals surface area contributed by atoms with E-state index in [2.05, 4.69) is 10.3 Å². The van der Waals surface area contributed by atoms with Gasteiger partial charge in [-0.15, -0.1) is 0 Å². The van der Waals surface area contributed by atoms with Crippen LogP contribution in [-0.4, -0.2) is 25.1 Å². The smallest absolute Gasteiger partial charge is 0.272 e. The number of hydrogen-bond acceptors (Lipinski definition) is 3. The highest BCUT2D eigenvalue weighted by atomic mass is 16.5. The number of H-pyrrole nitrogens is 1. The molecule has 0 atom stereocenters. The molecule has 0 aliphatic carbocycles. The van der Waals surface area contributed by atoms with Crippen molar-refractivity contribution in [3.63, 3.8) is 0 Å². The van der Waals surface area contributed by atoms with Gasteiger partial charge in [-0.1, -0.05) is 6.07 Å². The van der Waals surface area contributed by atoms with Gasteiger partial charge < -0.3 is 19.8 Å². The molecular weight excluding hydrogens is 280 g/mol. The first-order valence-corrected chi connectivity index (χ1v) is 6.82. The number of carbonyl (C=O) groups is 1. The molecule has 2 aromatic carbocycles. The van der Waals surface area contributed by atoms with E-state index in [0.717, 1.165) is 22.4 Å². The molecule has 5 heteroatoms. The fourth-order valence-electron chi connectivity index (χ4n) is 2.30. The standard InChI is InChI=1S/C17H16N2O3/c1-21-12-8-6-11(7-9-12)18-17(20)15-10-13-14(19-15)4-3-5-16(13)22-2/h3-10,19H,1-2H3,(H,18,20). The minimum atomic E-state index is -0.205. The van der Waals surface area contributed by atoms with Crippen molar-refractivity contribution < 1.29 is 14.3 Å². The molecule has 0 saturated carbocycles. The van der Waals surface area contributed by atoms with Crippen LogP contribution in [0.25, 0.3) is 10.9 Å². The Morgan fingerprint density at radius 1 is 1.05 bits per heavy atom. The number of amides is 1. The second-order valence-corrected chi connectivity index (χ2v) is 4.79. The van der Waals surface area contributed by atoms with Gasteiger partial charge in [0, 0.05) is 16.6 Å². The van der Waals surface area contributed by atoms with Crippen molar-refractivity contribution >= 4 is 22.5 Å². The van der Waals surface area contributed by atoms with Crippen molar-refractivity contribution in [2.75, 3.05) is 19.5 Å². The number of ether oxygens (including phenoxy) is 2. The Morgan fingerprint density at radius 2 is 1.82 bits per heavy atom. The maximum Gasteiger partial charge on any atom is 0.272 e. The van der Waals surface area contributed by atoms with Gasteiger partial charge in [0.25, 0.3) is 5.91 Å². The quantitative estimate of drug-likeness (QED) is 0.775. The lowest BCUT2D eigenvalue weighted by atomic mass is 10.2. The van der Waals surface area contributed by atoms with Gasteiger partial charge >= 0.3 is 0 Å². The third-order valence-corrected chi connectivity index (χ3v) is 3.44. The lowest BCUT2D eigenvalue weighted by molar-refractivity contribution is 0.102. The minimum Gasteiger partial charge on any atom is -0.497 e. The van der Waals surface area contributed by atoms with E-state index in [0.29, 0.717) is 11.4 Å². The van der Waals surface area contributed by atoms with E-state index in [-0.39, 0.29) is 5.91 Å². The molecular formula is C17H16N2O3. The van der Waals surface area contributed by atoms with Gasteiger partial charge in [0.1, 0.15) is 17.2 Å². The predicted octanol–water partition coefficient (Wildman–Crippen LogP) is 3.44. The fraction of sp³-hybridized carbons (Fsp3) is 0.118. The molecule has 3 rings (SSSR count). The summed E-state index contributed by atoms with van der Waals surface area (Å²) in [4.78, 5) is 15.4. The van der Waals surface area contributed by atoms with Crippen LogP contribution in [0.4, 0.5) is 5.69 Å². The number of methoxy groups -OCH3 is 2. The number of aromatic amines is 1. The summed E-state index contributed by atoms with van der Waals surface area (Å²) < 4.78 is 10.4. The molecule has 0 unspecified atom stereocenters. The summed E-state index contributed by atoms with van der Waals surface area (Å²) in [5, 5.41) is 3.72. The number of carbonyl (C=O) groups excluding carboxylic acids is 1. The van der Waals surface area contributed by atoms with Crippen LogP contribution in [-0.2, 0) is 0 Å². The number of anilines is 1. The van der Waals surface area contributed by atoms with E-state index in [4.69, 9.17) is 9.47 Å². The average molecular weight is 296 g/mol. The Kier molecular flexibility index (Phi) is 3.70. The Morgan fingerprint density at radius 3 is 2.50 bits per heavy atom. The molecule has 1 heterocycles. The first-order valence-electron chi connectivity index (χ1n) is 6.82. The summed E-state index contributed by atoms with van der Waals surface area (Å²) in [6, 6.07) is 14.6. The summed E-state index contributed by atoms with van der Waals surface area (Å²) in [6.07, 6.45) is 0. The number of fused-ring (bicyclic) bond motifs is 1. The molecule has 112 valence electrons. The Balaban J connectivity index is 1.85. The molecule has 0 fully saturated rings. The fourth-order valence-corrected chi connectivity index (χ4v) is 2.30. The van der Waals surface area contributed by atoms with Gasteiger partial charge in [-0.25, -0.2) is 0 Å². The average Bonchev–Trinajstić information content (AvgIpc) is 2.99. The topological polar surface area (TPSA) is 63.4 Å². The van der Waals surface area contributed by atoms with Crippen molar-refractivity contribution in [1.29, 1.82) is 0 Å². The van der Waals surface area contributed by atoms with E-state index < -0.39 is 0 Å². The van der Waals surface area contributed by atoms with Crippen LogP contribution in [0.1, 0.15) is 10.5 Å². The van der Waals surface area contributed by atoms with Crippen molar-refractivity contribution in [1.82, 2.24) is 4.98 Å². The van der Waals surface area contributed by atoms with Crippen LogP contribution in [0.2, 0.25) is 0 Å². The van der Waals surface area contributed by atoms with Crippen LogP contribution >= 0.6 is 0 Å². The molecule has 5 nitrogen and oxygen atoms in total. The number of nitrogens with one attached hydrogen (secondary N) is 2. The third kappa shape index (κ3) is 2.61. The second kappa shape index (κ2) is 5.81. The zero-order valence-corrected chi connectivity index (χ0v) is 12.3. The van der Waals surface area contributed by atoms with Crippen LogP contribution < -0.4 is 14.8 Å². The summed E-state index contributed by atoms with van der Waals surface area (Å²) >= 11 is 0. The van der Waals surface area contributed by atoms with Gasteiger partial charge in [0.15, 0.2) is 0 Å². The summed E-state index contributed by atoms with van der Waals surface area (Å²) in [7, 11) is 3.21. The molecule has 1 amide bonds. The first kappa shape index (κ1) is 14.0. The monoisotopic (exact) mass is 296 g/mol. The van der Waals surface area contributed by atoms with Crippen LogP contribution in [0, 0.1) is 0 Å². The molecule has 22 heavy (non-hydrogen) atoms. The number of rotatable bonds is 4. The van der Waals surface area contributed by atoms with Gasteiger partial charge in [-0.2, -0.15) is 0 Å². The highest BCUT2D eigenvalue weighted by molar-refractivity contribution is 6.06. The van der Waals surface area contributed by atoms with E-state index >= 15 is 0 Å². The second-order valence-electron chi connectivity index (χ2n) is 4.79. The summed E-state index contributed by atoms with van der Waals surface area (Å²) in [5.74, 6) is 1.27. The summed E-state index contributed by atoms with van der Waals surface area (Å²) in [5.41, 5.74) is 2.05. The van der Waals surface area contributed by atoms with Crippen molar-refractivity contribution in [3.05, 3.63) is 54.2 Å². The normalized spacial score (nSPS) is 10.5. The molecule has 2 N–H and O–H groups in total. The van der Waals surface area contributed by atoms with E-state index in [1.54, 1.807) is 44.6 Å². The third-order valence-electron chi connectivity index (χ3n) is 3.44. The molecule has 0 aliphatic heterocycles. The van der Waals surface area contributed by atoms with Gasteiger partial charge in [0.05, 0.1) is 14.2 Å². The maximum absolute atomic E-state index is 12.3. The zero-order chi connectivity index (χ0) is 15.5. The van der Waals surface area contributed by atoms with E-state index in [9.17, 15) is 4.79 Å². The Bertz CT molecular complexity index is 806. The number of benzene rings is 2. The first-order chi connectivity index (χ1) is 10.7. The maximum atomic E-state index is 12.3. The van der Waals surface area contributed by atoms with E-state index in [1.165, 1.54) is 0 Å². The van der Waals surface area contributed by atoms with Crippen LogP contribution in [0.15, 0.2) is 48.5 Å². The summed E-state index contributed by atoms with van der Waals surface area (Å²) in [6.45, 7) is 0. The van der Waals surface area contributed by atoms with Crippen molar-refractivity contribution in [2.45, 2.75) is 0 Å². The van der Waals surface area contributed by atoms with Gasteiger partial charge in [-0.3, -0.25) is 4.79 Å². The molecule has 0 bridgehead atoms. The Hall–Kier alpha value is -2.95. The molecule has 3 aromatic rings. The van der Waals surface area contributed by atoms with Crippen LogP contribution in [0.3, 0.4) is 0 Å². The Labute approximate surface area is 127 Å².